The quantitative estimate of drug-likeness (QED) is 0.540. The van der Waals surface area contributed by atoms with Gasteiger partial charge < -0.3 is 5.32 Å². The van der Waals surface area contributed by atoms with Crippen LogP contribution in [0, 0.1) is 5.92 Å². The largest absolute Gasteiger partial charge is 0.310 e. The van der Waals surface area contributed by atoms with Gasteiger partial charge in [-0.3, -0.25) is 4.68 Å². The Balaban J connectivity index is 2.25. The van der Waals surface area contributed by atoms with E-state index in [-0.39, 0.29) is 0 Å². The van der Waals surface area contributed by atoms with Gasteiger partial charge in [0.1, 0.15) is 6.33 Å². The molecule has 0 atom stereocenters. The van der Waals surface area contributed by atoms with Crippen LogP contribution in [0.5, 0.6) is 0 Å². The summed E-state index contributed by atoms with van der Waals surface area (Å²) in [6.45, 7) is 10.8. The number of hydrogen-bond acceptors (Lipinski definition) is 3. The third-order valence-electron chi connectivity index (χ3n) is 2.22. The molecule has 90 valence electrons. The molecule has 0 aliphatic rings. The minimum absolute atomic E-state index is 0.662. The van der Waals surface area contributed by atoms with E-state index >= 15 is 0 Å². The molecule has 4 nitrogen and oxygen atoms in total. The molecule has 0 fully saturated rings. The number of aryl methyl sites for hydroxylation is 1. The van der Waals surface area contributed by atoms with E-state index in [4.69, 9.17) is 0 Å². The van der Waals surface area contributed by atoms with Crippen LogP contribution in [0.2, 0.25) is 0 Å². The molecule has 1 aromatic rings. The van der Waals surface area contributed by atoms with Crippen LogP contribution in [0.25, 0.3) is 0 Å². The average Bonchev–Trinajstić information content (AvgIpc) is 2.66. The summed E-state index contributed by atoms with van der Waals surface area (Å²) in [4.78, 5) is 4.26. The summed E-state index contributed by atoms with van der Waals surface area (Å²) in [7, 11) is 0. The maximum atomic E-state index is 4.39. The van der Waals surface area contributed by atoms with Gasteiger partial charge in [0.2, 0.25) is 0 Å². The minimum Gasteiger partial charge on any atom is -0.310 e. The van der Waals surface area contributed by atoms with E-state index in [9.17, 15) is 0 Å². The fourth-order valence-corrected chi connectivity index (χ4v) is 1.39. The summed E-state index contributed by atoms with van der Waals surface area (Å²) < 4.78 is 1.90. The predicted octanol–water partition coefficient (Wildman–Crippen LogP) is 1.99. The number of rotatable bonds is 8. The molecule has 0 spiro atoms. The molecule has 0 saturated heterocycles. The Kier molecular flexibility index (Phi) is 5.78. The number of aromatic nitrogens is 3. The van der Waals surface area contributed by atoms with Gasteiger partial charge in [-0.1, -0.05) is 19.9 Å². The van der Waals surface area contributed by atoms with E-state index in [0.717, 1.165) is 38.3 Å². The highest BCUT2D eigenvalue weighted by Gasteiger charge is 2.00. The number of nitrogens with zero attached hydrogens (tertiary/aromatic N) is 3. The zero-order valence-corrected chi connectivity index (χ0v) is 10.3. The molecular weight excluding hydrogens is 200 g/mol. The molecule has 4 heteroatoms. The second kappa shape index (κ2) is 7.17. The Morgan fingerprint density at radius 2 is 2.38 bits per heavy atom. The lowest BCUT2D eigenvalue weighted by Crippen LogP contribution is -2.19. The van der Waals surface area contributed by atoms with Gasteiger partial charge in [-0.2, -0.15) is 5.10 Å². The third-order valence-corrected chi connectivity index (χ3v) is 2.22. The van der Waals surface area contributed by atoms with E-state index in [0.29, 0.717) is 5.92 Å². The molecule has 0 radical (unpaired) electrons. The number of unbranched alkanes of at least 4 members (excludes halogenated alkanes) is 1. The molecule has 1 heterocycles. The van der Waals surface area contributed by atoms with Gasteiger partial charge >= 0.3 is 0 Å². The van der Waals surface area contributed by atoms with Gasteiger partial charge in [0, 0.05) is 6.54 Å². The first-order valence-corrected chi connectivity index (χ1v) is 5.92. The van der Waals surface area contributed by atoms with Crippen LogP contribution in [0.4, 0.5) is 0 Å². The van der Waals surface area contributed by atoms with Crippen molar-refractivity contribution in [3.05, 3.63) is 24.8 Å². The highest BCUT2D eigenvalue weighted by atomic mass is 15.3. The van der Waals surface area contributed by atoms with Gasteiger partial charge in [0.25, 0.3) is 0 Å². The molecule has 0 aliphatic carbocycles. The van der Waals surface area contributed by atoms with Gasteiger partial charge in [-0.25, -0.2) is 4.98 Å². The molecule has 0 bridgehead atoms. The second-order valence-electron chi connectivity index (χ2n) is 4.38. The molecule has 1 rings (SSSR count). The predicted molar refractivity (Wildman–Crippen MR) is 66.0 cm³/mol. The van der Waals surface area contributed by atoms with E-state index in [1.807, 2.05) is 10.8 Å². The van der Waals surface area contributed by atoms with Crippen LogP contribution >= 0.6 is 0 Å². The van der Waals surface area contributed by atoms with E-state index in [2.05, 4.69) is 35.8 Å². The summed E-state index contributed by atoms with van der Waals surface area (Å²) in [5, 5.41) is 7.71. The maximum Gasteiger partial charge on any atom is 0.164 e. The van der Waals surface area contributed by atoms with Gasteiger partial charge in [0.15, 0.2) is 5.82 Å². The SMILES string of the molecule is C=CCCCn1cnc(CNCC(C)C)n1. The highest BCUT2D eigenvalue weighted by molar-refractivity contribution is 4.81. The van der Waals surface area contributed by atoms with Crippen molar-refractivity contribution in [1.29, 1.82) is 0 Å². The average molecular weight is 222 g/mol. The molecule has 0 unspecified atom stereocenters. The van der Waals surface area contributed by atoms with Crippen LogP contribution in [0.1, 0.15) is 32.5 Å². The zero-order valence-electron chi connectivity index (χ0n) is 10.3. The smallest absolute Gasteiger partial charge is 0.164 e. The Labute approximate surface area is 97.8 Å². The second-order valence-corrected chi connectivity index (χ2v) is 4.38. The van der Waals surface area contributed by atoms with Crippen molar-refractivity contribution >= 4 is 0 Å². The van der Waals surface area contributed by atoms with Gasteiger partial charge in [-0.15, -0.1) is 6.58 Å². The van der Waals surface area contributed by atoms with Crippen molar-refractivity contribution in [2.45, 2.75) is 39.8 Å². The van der Waals surface area contributed by atoms with Crippen molar-refractivity contribution in [2.24, 2.45) is 5.92 Å². The zero-order chi connectivity index (χ0) is 11.8. The van der Waals surface area contributed by atoms with Crippen molar-refractivity contribution in [3.63, 3.8) is 0 Å². The first kappa shape index (κ1) is 12.9. The summed E-state index contributed by atoms with van der Waals surface area (Å²) in [6, 6.07) is 0. The van der Waals surface area contributed by atoms with Crippen molar-refractivity contribution < 1.29 is 0 Å². The van der Waals surface area contributed by atoms with Crippen molar-refractivity contribution in [2.75, 3.05) is 6.54 Å². The fourth-order valence-electron chi connectivity index (χ4n) is 1.39. The molecule has 0 aliphatic heterocycles. The molecule has 1 aromatic heterocycles. The molecule has 0 aromatic carbocycles. The lowest BCUT2D eigenvalue weighted by Gasteiger charge is -2.04. The van der Waals surface area contributed by atoms with E-state index in [1.54, 1.807) is 6.33 Å². The normalized spacial score (nSPS) is 10.9. The summed E-state index contributed by atoms with van der Waals surface area (Å²) in [6.07, 6.45) is 5.84. The standard InChI is InChI=1S/C12H22N4/c1-4-5-6-7-16-10-14-12(15-16)9-13-8-11(2)3/h4,10-11,13H,1,5-9H2,2-3H3. The Morgan fingerprint density at radius 1 is 1.56 bits per heavy atom. The van der Waals surface area contributed by atoms with Gasteiger partial charge in [-0.05, 0) is 25.3 Å². The molecule has 0 amide bonds. The first-order chi connectivity index (χ1) is 7.72. The fraction of sp³-hybridized carbons (Fsp3) is 0.667. The summed E-state index contributed by atoms with van der Waals surface area (Å²) in [5.74, 6) is 1.54. The minimum atomic E-state index is 0.662. The first-order valence-electron chi connectivity index (χ1n) is 5.92. The molecule has 1 N–H and O–H groups in total. The van der Waals surface area contributed by atoms with Crippen molar-refractivity contribution in [3.8, 4) is 0 Å². The van der Waals surface area contributed by atoms with E-state index < -0.39 is 0 Å². The van der Waals surface area contributed by atoms with Gasteiger partial charge in [0.05, 0.1) is 6.54 Å². The highest BCUT2D eigenvalue weighted by Crippen LogP contribution is 1.96. The van der Waals surface area contributed by atoms with Crippen LogP contribution in [0.3, 0.4) is 0 Å². The summed E-state index contributed by atoms with van der Waals surface area (Å²) in [5.41, 5.74) is 0. The lowest BCUT2D eigenvalue weighted by molar-refractivity contribution is 0.532. The monoisotopic (exact) mass is 222 g/mol. The Morgan fingerprint density at radius 3 is 3.06 bits per heavy atom. The van der Waals surface area contributed by atoms with Crippen LogP contribution in [0.15, 0.2) is 19.0 Å². The van der Waals surface area contributed by atoms with E-state index in [1.165, 1.54) is 0 Å². The van der Waals surface area contributed by atoms with Crippen LogP contribution in [-0.2, 0) is 13.1 Å². The number of hydrogen-bond donors (Lipinski definition) is 1. The topological polar surface area (TPSA) is 42.7 Å². The molecular formula is C12H22N4. The van der Waals surface area contributed by atoms with Crippen LogP contribution in [-0.4, -0.2) is 21.3 Å². The molecule has 0 saturated carbocycles. The summed E-state index contributed by atoms with van der Waals surface area (Å²) >= 11 is 0. The lowest BCUT2D eigenvalue weighted by atomic mass is 10.2. The Hall–Kier alpha value is -1.16. The third kappa shape index (κ3) is 5.07. The van der Waals surface area contributed by atoms with Crippen LogP contribution < -0.4 is 5.32 Å². The number of nitrogens with one attached hydrogen (secondary N) is 1. The molecule has 16 heavy (non-hydrogen) atoms. The maximum absolute atomic E-state index is 4.39. The Bertz CT molecular complexity index is 304. The van der Waals surface area contributed by atoms with Crippen molar-refractivity contribution in [1.82, 2.24) is 20.1 Å². The number of allylic oxidation sites excluding steroid dienone is 1.